The van der Waals surface area contributed by atoms with Crippen molar-refractivity contribution in [1.29, 1.82) is 0 Å². The van der Waals surface area contributed by atoms with Gasteiger partial charge in [0.25, 0.3) is 5.91 Å². The van der Waals surface area contributed by atoms with Gasteiger partial charge < -0.3 is 14.6 Å². The highest BCUT2D eigenvalue weighted by atomic mass is 16.4. The minimum atomic E-state index is -1.00. The first-order chi connectivity index (χ1) is 14.8. The molecule has 5 heteroatoms. The Morgan fingerprint density at radius 2 is 1.71 bits per heavy atom. The summed E-state index contributed by atoms with van der Waals surface area (Å²) in [5.74, 6) is -0.721. The van der Waals surface area contributed by atoms with E-state index in [0.717, 1.165) is 30.8 Å². The van der Waals surface area contributed by atoms with Crippen LogP contribution in [0, 0.1) is 20.8 Å². The molecule has 2 heterocycles. The molecule has 31 heavy (non-hydrogen) atoms. The zero-order valence-electron chi connectivity index (χ0n) is 18.3. The Balaban J connectivity index is 1.65. The number of likely N-dealkylation sites (tertiary alicyclic amines) is 1. The zero-order valence-corrected chi connectivity index (χ0v) is 18.3. The number of aromatic carboxylic acids is 1. The van der Waals surface area contributed by atoms with E-state index in [1.807, 2.05) is 35.4 Å². The Morgan fingerprint density at radius 1 is 0.968 bits per heavy atom. The first-order valence-electron chi connectivity index (χ1n) is 10.7. The third kappa shape index (κ3) is 4.13. The Morgan fingerprint density at radius 3 is 2.39 bits per heavy atom. The highest BCUT2D eigenvalue weighted by Gasteiger charge is 2.27. The summed E-state index contributed by atoms with van der Waals surface area (Å²) >= 11 is 0. The van der Waals surface area contributed by atoms with Crippen molar-refractivity contribution in [3.63, 3.8) is 0 Å². The van der Waals surface area contributed by atoms with Gasteiger partial charge in [0.15, 0.2) is 0 Å². The van der Waals surface area contributed by atoms with Gasteiger partial charge in [-0.05, 0) is 69.5 Å². The van der Waals surface area contributed by atoms with Gasteiger partial charge in [-0.2, -0.15) is 0 Å². The van der Waals surface area contributed by atoms with Crippen molar-refractivity contribution in [2.45, 2.75) is 39.5 Å². The van der Waals surface area contributed by atoms with E-state index < -0.39 is 5.97 Å². The van der Waals surface area contributed by atoms with Crippen molar-refractivity contribution in [2.24, 2.45) is 0 Å². The number of nitrogens with zero attached hydrogens (tertiary/aromatic N) is 2. The number of carbonyl (C=O) groups is 2. The van der Waals surface area contributed by atoms with Gasteiger partial charge in [-0.3, -0.25) is 4.79 Å². The quantitative estimate of drug-likeness (QED) is 0.642. The van der Waals surface area contributed by atoms with Crippen LogP contribution in [0.4, 0.5) is 0 Å². The molecule has 1 aliphatic heterocycles. The third-order valence-corrected chi connectivity index (χ3v) is 6.21. The van der Waals surface area contributed by atoms with E-state index in [1.165, 1.54) is 11.1 Å². The van der Waals surface area contributed by atoms with E-state index in [4.69, 9.17) is 0 Å². The van der Waals surface area contributed by atoms with Crippen LogP contribution < -0.4 is 0 Å². The molecule has 0 radical (unpaired) electrons. The average molecular weight is 417 g/mol. The fraction of sp³-hybridized carbons (Fsp3) is 0.308. The van der Waals surface area contributed by atoms with Crippen LogP contribution in [0.25, 0.3) is 5.69 Å². The number of amides is 1. The van der Waals surface area contributed by atoms with E-state index >= 15 is 0 Å². The average Bonchev–Trinajstić information content (AvgIpc) is 3.10. The third-order valence-electron chi connectivity index (χ3n) is 6.21. The summed E-state index contributed by atoms with van der Waals surface area (Å²) in [6, 6.07) is 17.3. The minimum Gasteiger partial charge on any atom is -0.478 e. The molecule has 1 aromatic heterocycles. The molecule has 1 unspecified atom stereocenters. The van der Waals surface area contributed by atoms with Crippen molar-refractivity contribution in [3.05, 3.63) is 88.2 Å². The summed E-state index contributed by atoms with van der Waals surface area (Å²) < 4.78 is 1.89. The highest BCUT2D eigenvalue weighted by molar-refractivity contribution is 5.98. The lowest BCUT2D eigenvalue weighted by atomic mass is 9.89. The molecule has 0 spiro atoms. The second-order valence-corrected chi connectivity index (χ2v) is 8.49. The maximum absolute atomic E-state index is 13.4. The molecule has 2 aromatic carbocycles. The molecular formula is C26H28N2O3. The van der Waals surface area contributed by atoms with Gasteiger partial charge in [0.05, 0.1) is 11.3 Å². The largest absolute Gasteiger partial charge is 0.478 e. The predicted octanol–water partition coefficient (Wildman–Crippen LogP) is 5.12. The van der Waals surface area contributed by atoms with Gasteiger partial charge in [0.1, 0.15) is 0 Å². The minimum absolute atomic E-state index is 0.0435. The smallest absolute Gasteiger partial charge is 0.337 e. The Kier molecular flexibility index (Phi) is 5.68. The Labute approximate surface area is 182 Å². The molecule has 1 aliphatic rings. The number of hydrogen-bond acceptors (Lipinski definition) is 2. The summed E-state index contributed by atoms with van der Waals surface area (Å²) in [6.07, 6.45) is 2.03. The molecule has 5 nitrogen and oxygen atoms in total. The summed E-state index contributed by atoms with van der Waals surface area (Å²) in [5, 5.41) is 9.70. The monoisotopic (exact) mass is 416 g/mol. The molecule has 0 bridgehead atoms. The number of aromatic nitrogens is 1. The lowest BCUT2D eigenvalue weighted by Gasteiger charge is -2.33. The molecule has 1 fully saturated rings. The summed E-state index contributed by atoms with van der Waals surface area (Å²) in [4.78, 5) is 27.1. The fourth-order valence-corrected chi connectivity index (χ4v) is 4.62. The van der Waals surface area contributed by atoms with Crippen LogP contribution in [0.5, 0.6) is 0 Å². The van der Waals surface area contributed by atoms with Crippen LogP contribution in [-0.2, 0) is 0 Å². The predicted molar refractivity (Wildman–Crippen MR) is 121 cm³/mol. The first kappa shape index (κ1) is 20.9. The van der Waals surface area contributed by atoms with Gasteiger partial charge in [-0.1, -0.05) is 29.8 Å². The van der Waals surface area contributed by atoms with Crippen molar-refractivity contribution in [3.8, 4) is 5.69 Å². The molecule has 1 amide bonds. The Bertz CT molecular complexity index is 1130. The molecular weight excluding hydrogens is 388 g/mol. The topological polar surface area (TPSA) is 62.5 Å². The van der Waals surface area contributed by atoms with Crippen molar-refractivity contribution in [2.75, 3.05) is 13.1 Å². The molecule has 1 N–H and O–H groups in total. The molecule has 1 saturated heterocycles. The van der Waals surface area contributed by atoms with Crippen molar-refractivity contribution in [1.82, 2.24) is 9.47 Å². The van der Waals surface area contributed by atoms with Gasteiger partial charge in [0, 0.05) is 36.0 Å². The molecule has 0 saturated carbocycles. The number of aryl methyl sites for hydroxylation is 3. The molecule has 4 rings (SSSR count). The van der Waals surface area contributed by atoms with Crippen LogP contribution >= 0.6 is 0 Å². The second-order valence-electron chi connectivity index (χ2n) is 8.49. The SMILES string of the molecule is Cc1cccc(C2CCCN(C(=O)c3ccc(C(=O)O)c(-n4c(C)ccc4C)c3)C2)c1. The van der Waals surface area contributed by atoms with Gasteiger partial charge >= 0.3 is 5.97 Å². The van der Waals surface area contributed by atoms with E-state index in [0.29, 0.717) is 23.7 Å². The van der Waals surface area contributed by atoms with E-state index in [9.17, 15) is 14.7 Å². The lowest BCUT2D eigenvalue weighted by Crippen LogP contribution is -2.39. The summed E-state index contributed by atoms with van der Waals surface area (Å²) in [6.45, 7) is 7.36. The first-order valence-corrected chi connectivity index (χ1v) is 10.7. The number of carboxylic acids is 1. The molecule has 160 valence electrons. The maximum atomic E-state index is 13.4. The van der Waals surface area contributed by atoms with E-state index in [1.54, 1.807) is 18.2 Å². The second kappa shape index (κ2) is 8.42. The van der Waals surface area contributed by atoms with Crippen molar-refractivity contribution >= 4 is 11.9 Å². The van der Waals surface area contributed by atoms with Crippen LogP contribution in [-0.4, -0.2) is 39.5 Å². The molecule has 0 aliphatic carbocycles. The van der Waals surface area contributed by atoms with Crippen LogP contribution in [0.2, 0.25) is 0 Å². The highest BCUT2D eigenvalue weighted by Crippen LogP contribution is 2.29. The summed E-state index contributed by atoms with van der Waals surface area (Å²) in [5.41, 5.74) is 5.62. The lowest BCUT2D eigenvalue weighted by molar-refractivity contribution is 0.0687. The number of carboxylic acid groups (broad SMARTS) is 1. The number of hydrogen-bond donors (Lipinski definition) is 1. The molecule has 3 aromatic rings. The van der Waals surface area contributed by atoms with Crippen LogP contribution in [0.1, 0.15) is 62.0 Å². The van der Waals surface area contributed by atoms with E-state index in [-0.39, 0.29) is 11.5 Å². The van der Waals surface area contributed by atoms with Crippen molar-refractivity contribution < 1.29 is 14.7 Å². The number of benzene rings is 2. The molecule has 1 atom stereocenters. The zero-order chi connectivity index (χ0) is 22.1. The number of carbonyl (C=O) groups excluding carboxylic acids is 1. The van der Waals surface area contributed by atoms with Gasteiger partial charge in [0.2, 0.25) is 0 Å². The van der Waals surface area contributed by atoms with Gasteiger partial charge in [-0.25, -0.2) is 4.79 Å². The number of rotatable bonds is 4. The standard InChI is InChI=1S/C26H28N2O3/c1-17-6-4-7-20(14-17)22-8-5-13-27(16-22)25(29)21-11-12-23(26(30)31)24(15-21)28-18(2)9-10-19(28)3/h4,6-7,9-12,14-15,22H,5,8,13,16H2,1-3H3,(H,30,31). The normalized spacial score (nSPS) is 16.4. The Hall–Kier alpha value is -3.34. The van der Waals surface area contributed by atoms with E-state index in [2.05, 4.69) is 31.2 Å². The van der Waals surface area contributed by atoms with Crippen LogP contribution in [0.15, 0.2) is 54.6 Å². The number of piperidine rings is 1. The fourth-order valence-electron chi connectivity index (χ4n) is 4.62. The summed E-state index contributed by atoms with van der Waals surface area (Å²) in [7, 11) is 0. The maximum Gasteiger partial charge on any atom is 0.337 e. The van der Waals surface area contributed by atoms with Crippen LogP contribution in [0.3, 0.4) is 0 Å². The van der Waals surface area contributed by atoms with Gasteiger partial charge in [-0.15, -0.1) is 0 Å².